The second-order valence-corrected chi connectivity index (χ2v) is 6.61. The van der Waals surface area contributed by atoms with Crippen molar-refractivity contribution in [2.75, 3.05) is 0 Å². The van der Waals surface area contributed by atoms with Crippen LogP contribution in [0.2, 0.25) is 0 Å². The van der Waals surface area contributed by atoms with Crippen LogP contribution in [0.25, 0.3) is 0 Å². The van der Waals surface area contributed by atoms with E-state index >= 15 is 0 Å². The Morgan fingerprint density at radius 2 is 1.50 bits per heavy atom. The van der Waals surface area contributed by atoms with Gasteiger partial charge in [0, 0.05) is 0 Å². The van der Waals surface area contributed by atoms with Crippen molar-refractivity contribution in [3.63, 3.8) is 0 Å². The fourth-order valence-corrected chi connectivity index (χ4v) is 3.98. The maximum absolute atomic E-state index is 2.45. The minimum atomic E-state index is 0.559. The van der Waals surface area contributed by atoms with Crippen LogP contribution >= 0.6 is 0 Å². The molecule has 0 N–H and O–H groups in total. The highest BCUT2D eigenvalue weighted by Crippen LogP contribution is 2.51. The lowest BCUT2D eigenvalue weighted by Gasteiger charge is -2.33. The van der Waals surface area contributed by atoms with Crippen LogP contribution in [0.5, 0.6) is 0 Å². The lowest BCUT2D eigenvalue weighted by molar-refractivity contribution is 0.157. The van der Waals surface area contributed by atoms with Gasteiger partial charge >= 0.3 is 0 Å². The number of hydrogen-bond acceptors (Lipinski definition) is 0. The Hall–Kier alpha value is 0. The summed E-state index contributed by atoms with van der Waals surface area (Å²) in [5.41, 5.74) is 0.559. The van der Waals surface area contributed by atoms with Crippen LogP contribution in [-0.4, -0.2) is 0 Å². The van der Waals surface area contributed by atoms with Gasteiger partial charge in [0.2, 0.25) is 0 Å². The maximum Gasteiger partial charge on any atom is -0.0334 e. The van der Waals surface area contributed by atoms with E-state index in [1.54, 1.807) is 0 Å². The second kappa shape index (κ2) is 3.87. The Morgan fingerprint density at radius 1 is 0.786 bits per heavy atom. The SMILES string of the molecule is CC(C)(C)C1CCC2CCCCCC21. The maximum atomic E-state index is 2.45. The van der Waals surface area contributed by atoms with Crippen LogP contribution in [0.3, 0.4) is 0 Å². The van der Waals surface area contributed by atoms with Gasteiger partial charge in [-0.1, -0.05) is 46.5 Å². The molecular weight excluding hydrogens is 168 g/mol. The van der Waals surface area contributed by atoms with Gasteiger partial charge in [-0.05, 0) is 42.4 Å². The Bertz CT molecular complexity index is 187. The smallest absolute Gasteiger partial charge is 0.0334 e. The molecule has 0 bridgehead atoms. The second-order valence-electron chi connectivity index (χ2n) is 6.61. The Kier molecular flexibility index (Phi) is 2.91. The zero-order valence-corrected chi connectivity index (χ0v) is 10.2. The van der Waals surface area contributed by atoms with Crippen LogP contribution in [0.15, 0.2) is 0 Å². The van der Waals surface area contributed by atoms with E-state index in [1.807, 2.05) is 0 Å². The fraction of sp³-hybridized carbons (Fsp3) is 1.00. The van der Waals surface area contributed by atoms with Crippen molar-refractivity contribution in [3.8, 4) is 0 Å². The highest BCUT2D eigenvalue weighted by atomic mass is 14.5. The van der Waals surface area contributed by atoms with Crippen LogP contribution in [0.1, 0.15) is 65.7 Å². The third kappa shape index (κ3) is 1.99. The van der Waals surface area contributed by atoms with Gasteiger partial charge in [-0.3, -0.25) is 0 Å². The Labute approximate surface area is 89.5 Å². The molecule has 3 unspecified atom stereocenters. The average molecular weight is 194 g/mol. The molecule has 0 nitrogen and oxygen atoms in total. The highest BCUT2D eigenvalue weighted by molar-refractivity contribution is 4.91. The van der Waals surface area contributed by atoms with E-state index in [9.17, 15) is 0 Å². The van der Waals surface area contributed by atoms with E-state index in [4.69, 9.17) is 0 Å². The van der Waals surface area contributed by atoms with E-state index < -0.39 is 0 Å². The van der Waals surface area contributed by atoms with E-state index in [0.29, 0.717) is 5.41 Å². The molecule has 2 rings (SSSR count). The summed E-state index contributed by atoms with van der Waals surface area (Å²) >= 11 is 0. The zero-order valence-electron chi connectivity index (χ0n) is 10.2. The number of fused-ring (bicyclic) bond motifs is 1. The van der Waals surface area contributed by atoms with Gasteiger partial charge in [-0.25, -0.2) is 0 Å². The predicted octanol–water partition coefficient (Wildman–Crippen LogP) is 4.64. The molecular formula is C14H26. The van der Waals surface area contributed by atoms with E-state index in [2.05, 4.69) is 20.8 Å². The lowest BCUT2D eigenvalue weighted by atomic mass is 9.72. The van der Waals surface area contributed by atoms with Gasteiger partial charge < -0.3 is 0 Å². The van der Waals surface area contributed by atoms with Crippen molar-refractivity contribution in [2.45, 2.75) is 65.7 Å². The minimum absolute atomic E-state index is 0.559. The molecule has 0 aromatic rings. The van der Waals surface area contributed by atoms with Gasteiger partial charge in [0.15, 0.2) is 0 Å². The topological polar surface area (TPSA) is 0 Å². The Balaban J connectivity index is 2.07. The molecule has 2 aliphatic carbocycles. The molecule has 2 aliphatic rings. The zero-order chi connectivity index (χ0) is 10.2. The first kappa shape index (κ1) is 10.5. The van der Waals surface area contributed by atoms with Crippen molar-refractivity contribution >= 4 is 0 Å². The normalized spacial score (nSPS) is 39.2. The number of hydrogen-bond donors (Lipinski definition) is 0. The summed E-state index contributed by atoms with van der Waals surface area (Å²) in [4.78, 5) is 0. The molecule has 0 spiro atoms. The molecule has 3 atom stereocenters. The first-order chi connectivity index (χ1) is 6.59. The summed E-state index contributed by atoms with van der Waals surface area (Å²) in [6, 6.07) is 0. The largest absolute Gasteiger partial charge is 0.0599 e. The standard InChI is InChI=1S/C14H26/c1-14(2,3)13-10-9-11-7-5-4-6-8-12(11)13/h11-13H,4-10H2,1-3H3. The summed E-state index contributed by atoms with van der Waals surface area (Å²) in [6.45, 7) is 7.35. The van der Waals surface area contributed by atoms with Crippen molar-refractivity contribution in [1.29, 1.82) is 0 Å². The molecule has 14 heavy (non-hydrogen) atoms. The summed E-state index contributed by atoms with van der Waals surface area (Å²) < 4.78 is 0. The molecule has 0 aromatic carbocycles. The monoisotopic (exact) mass is 194 g/mol. The third-order valence-electron chi connectivity index (χ3n) is 4.70. The number of rotatable bonds is 0. The molecule has 0 radical (unpaired) electrons. The van der Waals surface area contributed by atoms with Gasteiger partial charge in [-0.15, -0.1) is 0 Å². The molecule has 0 aromatic heterocycles. The molecule has 0 aliphatic heterocycles. The summed E-state index contributed by atoms with van der Waals surface area (Å²) in [6.07, 6.45) is 10.6. The van der Waals surface area contributed by atoms with Crippen molar-refractivity contribution in [1.82, 2.24) is 0 Å². The molecule has 0 saturated heterocycles. The van der Waals surface area contributed by atoms with Crippen LogP contribution in [0.4, 0.5) is 0 Å². The van der Waals surface area contributed by atoms with Crippen LogP contribution < -0.4 is 0 Å². The van der Waals surface area contributed by atoms with Gasteiger partial charge in [0.1, 0.15) is 0 Å². The highest BCUT2D eigenvalue weighted by Gasteiger charge is 2.41. The van der Waals surface area contributed by atoms with Crippen molar-refractivity contribution in [2.24, 2.45) is 23.2 Å². The Morgan fingerprint density at radius 3 is 2.21 bits per heavy atom. The predicted molar refractivity (Wildman–Crippen MR) is 62.2 cm³/mol. The van der Waals surface area contributed by atoms with E-state index in [-0.39, 0.29) is 0 Å². The van der Waals surface area contributed by atoms with E-state index in [0.717, 1.165) is 17.8 Å². The average Bonchev–Trinajstić information content (AvgIpc) is 2.36. The van der Waals surface area contributed by atoms with Gasteiger partial charge in [0.05, 0.1) is 0 Å². The van der Waals surface area contributed by atoms with Crippen molar-refractivity contribution in [3.05, 3.63) is 0 Å². The van der Waals surface area contributed by atoms with Crippen molar-refractivity contribution < 1.29 is 0 Å². The van der Waals surface area contributed by atoms with Gasteiger partial charge in [-0.2, -0.15) is 0 Å². The summed E-state index contributed by atoms with van der Waals surface area (Å²) in [5.74, 6) is 3.20. The first-order valence-electron chi connectivity index (χ1n) is 6.59. The van der Waals surface area contributed by atoms with Gasteiger partial charge in [0.25, 0.3) is 0 Å². The molecule has 0 heteroatoms. The fourth-order valence-electron chi connectivity index (χ4n) is 3.98. The van der Waals surface area contributed by atoms with Crippen LogP contribution in [-0.2, 0) is 0 Å². The van der Waals surface area contributed by atoms with Crippen LogP contribution in [0, 0.1) is 23.2 Å². The quantitative estimate of drug-likeness (QED) is 0.527. The first-order valence-corrected chi connectivity index (χ1v) is 6.59. The minimum Gasteiger partial charge on any atom is -0.0599 e. The lowest BCUT2D eigenvalue weighted by Crippen LogP contribution is -2.26. The summed E-state index contributed by atoms with van der Waals surface area (Å²) in [7, 11) is 0. The summed E-state index contributed by atoms with van der Waals surface area (Å²) in [5, 5.41) is 0. The molecule has 0 amide bonds. The van der Waals surface area contributed by atoms with E-state index in [1.165, 1.54) is 44.9 Å². The molecule has 2 fully saturated rings. The molecule has 82 valence electrons. The third-order valence-corrected chi connectivity index (χ3v) is 4.70. The molecule has 0 heterocycles. The molecule has 2 saturated carbocycles.